The van der Waals surface area contributed by atoms with Gasteiger partial charge in [-0.15, -0.1) is 0 Å². The fourth-order valence-corrected chi connectivity index (χ4v) is 2.48. The molecule has 3 rings (SSSR count). The van der Waals surface area contributed by atoms with Gasteiger partial charge in [-0.25, -0.2) is 9.18 Å². The number of hydrogen-bond acceptors (Lipinski definition) is 5. The van der Waals surface area contributed by atoms with Crippen LogP contribution in [-0.2, 0) is 10.3 Å². The molecule has 1 saturated heterocycles. The Morgan fingerprint density at radius 1 is 1.40 bits per heavy atom. The summed E-state index contributed by atoms with van der Waals surface area (Å²) in [7, 11) is 0. The lowest BCUT2D eigenvalue weighted by Gasteiger charge is -2.32. The van der Waals surface area contributed by atoms with Gasteiger partial charge in [0.1, 0.15) is 5.82 Å². The molecule has 9 heteroatoms. The number of fused-ring (bicyclic) bond motifs is 2. The van der Waals surface area contributed by atoms with Gasteiger partial charge in [0.15, 0.2) is 5.54 Å². The van der Waals surface area contributed by atoms with E-state index in [4.69, 9.17) is 4.74 Å². The van der Waals surface area contributed by atoms with E-state index in [1.165, 1.54) is 0 Å². The molecule has 0 radical (unpaired) electrons. The number of carbonyl (C=O) groups excluding carboxylic acids is 2. The number of hydrogen-bond donors (Lipinski definition) is 2. The molecule has 2 N–H and O–H groups in total. The van der Waals surface area contributed by atoms with Crippen LogP contribution in [0.2, 0.25) is 0 Å². The number of imide groups is 1. The van der Waals surface area contributed by atoms with Crippen molar-refractivity contribution in [1.82, 2.24) is 10.6 Å². The minimum absolute atomic E-state index is 0.00677. The van der Waals surface area contributed by atoms with Crippen molar-refractivity contribution in [3.63, 3.8) is 0 Å². The summed E-state index contributed by atoms with van der Waals surface area (Å²) >= 11 is 0. The summed E-state index contributed by atoms with van der Waals surface area (Å²) in [5.41, 5.74) is -2.14. The SMILES string of the molecule is O=C1NC(=O)[C@@]2(CCOc3c([N+](=O)[O-])cc(F)cc32)N1. The van der Waals surface area contributed by atoms with Gasteiger partial charge >= 0.3 is 11.7 Å². The largest absolute Gasteiger partial charge is 0.486 e. The summed E-state index contributed by atoms with van der Waals surface area (Å²) < 4.78 is 18.8. The third-order valence-corrected chi connectivity index (χ3v) is 3.36. The molecule has 2 aliphatic rings. The van der Waals surface area contributed by atoms with Crippen LogP contribution in [0.4, 0.5) is 14.9 Å². The Bertz CT molecular complexity index is 662. The van der Waals surface area contributed by atoms with Gasteiger partial charge in [0.25, 0.3) is 5.91 Å². The van der Waals surface area contributed by atoms with E-state index >= 15 is 0 Å². The quantitative estimate of drug-likeness (QED) is 0.443. The molecule has 0 unspecified atom stereocenters. The molecule has 2 aliphatic heterocycles. The molecule has 1 fully saturated rings. The number of rotatable bonds is 1. The Hall–Kier alpha value is -2.71. The van der Waals surface area contributed by atoms with Crippen LogP contribution in [0.1, 0.15) is 12.0 Å². The summed E-state index contributed by atoms with van der Waals surface area (Å²) in [5, 5.41) is 15.4. The molecular formula is C11H8FN3O5. The molecule has 0 bridgehead atoms. The van der Waals surface area contributed by atoms with Crippen molar-refractivity contribution in [2.45, 2.75) is 12.0 Å². The van der Waals surface area contributed by atoms with E-state index in [1.807, 2.05) is 5.32 Å². The van der Waals surface area contributed by atoms with Crippen molar-refractivity contribution in [2.24, 2.45) is 0 Å². The zero-order chi connectivity index (χ0) is 14.5. The topological polar surface area (TPSA) is 111 Å². The van der Waals surface area contributed by atoms with E-state index in [0.717, 1.165) is 6.07 Å². The van der Waals surface area contributed by atoms with Crippen molar-refractivity contribution >= 4 is 17.6 Å². The maximum atomic E-state index is 13.6. The molecule has 0 saturated carbocycles. The van der Waals surface area contributed by atoms with Crippen LogP contribution in [0.3, 0.4) is 0 Å². The van der Waals surface area contributed by atoms with Crippen molar-refractivity contribution < 1.29 is 23.6 Å². The highest BCUT2D eigenvalue weighted by atomic mass is 19.1. The number of ether oxygens (including phenoxy) is 1. The fraction of sp³-hybridized carbons (Fsp3) is 0.273. The summed E-state index contributed by atoms with van der Waals surface area (Å²) in [5.74, 6) is -1.75. The molecule has 1 aromatic rings. The van der Waals surface area contributed by atoms with E-state index in [1.54, 1.807) is 0 Å². The molecule has 104 valence electrons. The van der Waals surface area contributed by atoms with Crippen LogP contribution in [0.25, 0.3) is 0 Å². The Labute approximate surface area is 111 Å². The number of nitrogens with zero attached hydrogens (tertiary/aromatic N) is 1. The fourth-order valence-electron chi connectivity index (χ4n) is 2.48. The Morgan fingerprint density at radius 2 is 2.15 bits per heavy atom. The maximum Gasteiger partial charge on any atom is 0.322 e. The number of benzene rings is 1. The Morgan fingerprint density at radius 3 is 2.75 bits per heavy atom. The van der Waals surface area contributed by atoms with Gasteiger partial charge in [-0.05, 0) is 6.07 Å². The minimum atomic E-state index is -1.52. The van der Waals surface area contributed by atoms with Crippen LogP contribution < -0.4 is 15.4 Å². The first-order chi connectivity index (χ1) is 9.44. The molecule has 1 atom stereocenters. The van der Waals surface area contributed by atoms with E-state index in [0.29, 0.717) is 6.07 Å². The van der Waals surface area contributed by atoms with Crippen LogP contribution in [0.15, 0.2) is 12.1 Å². The van der Waals surface area contributed by atoms with Crippen LogP contribution in [0, 0.1) is 15.9 Å². The third-order valence-electron chi connectivity index (χ3n) is 3.36. The van der Waals surface area contributed by atoms with Gasteiger partial charge in [-0.2, -0.15) is 0 Å². The van der Waals surface area contributed by atoms with E-state index in [9.17, 15) is 24.1 Å². The first kappa shape index (κ1) is 12.3. The maximum absolute atomic E-state index is 13.6. The molecule has 8 nitrogen and oxygen atoms in total. The highest BCUT2D eigenvalue weighted by Gasteiger charge is 2.52. The van der Waals surface area contributed by atoms with Gasteiger partial charge < -0.3 is 10.1 Å². The second-order valence-corrected chi connectivity index (χ2v) is 4.47. The Balaban J connectivity index is 2.26. The number of urea groups is 1. The van der Waals surface area contributed by atoms with Crippen molar-refractivity contribution in [1.29, 1.82) is 0 Å². The van der Waals surface area contributed by atoms with Crippen molar-refractivity contribution in [2.75, 3.05) is 6.61 Å². The number of nitrogens with one attached hydrogen (secondary N) is 2. The van der Waals surface area contributed by atoms with Gasteiger partial charge in [0.05, 0.1) is 17.6 Å². The molecule has 3 amide bonds. The Kier molecular flexibility index (Phi) is 2.40. The average Bonchev–Trinajstić information content (AvgIpc) is 2.65. The van der Waals surface area contributed by atoms with Crippen LogP contribution >= 0.6 is 0 Å². The number of nitro benzene ring substituents is 1. The van der Waals surface area contributed by atoms with Crippen LogP contribution in [-0.4, -0.2) is 23.5 Å². The lowest BCUT2D eigenvalue weighted by molar-refractivity contribution is -0.386. The summed E-state index contributed by atoms with van der Waals surface area (Å²) in [4.78, 5) is 33.5. The highest BCUT2D eigenvalue weighted by molar-refractivity contribution is 6.08. The summed E-state index contributed by atoms with van der Waals surface area (Å²) in [6, 6.07) is 0.953. The van der Waals surface area contributed by atoms with E-state index in [-0.39, 0.29) is 24.3 Å². The standard InChI is InChI=1S/C11H8FN3O5/c12-5-3-6-8(7(4-5)15(18)19)20-2-1-11(6)9(16)13-10(17)14-11/h3-4H,1-2H2,(H2,13,14,16,17)/t11-/m0/s1. The van der Waals surface area contributed by atoms with E-state index < -0.39 is 33.9 Å². The van der Waals surface area contributed by atoms with Gasteiger partial charge in [0.2, 0.25) is 5.75 Å². The zero-order valence-corrected chi connectivity index (χ0v) is 9.94. The highest BCUT2D eigenvalue weighted by Crippen LogP contribution is 2.44. The van der Waals surface area contributed by atoms with Crippen molar-refractivity contribution in [3.8, 4) is 5.75 Å². The van der Waals surface area contributed by atoms with Crippen LogP contribution in [0.5, 0.6) is 5.75 Å². The molecule has 0 aliphatic carbocycles. The first-order valence-electron chi connectivity index (χ1n) is 5.69. The monoisotopic (exact) mass is 281 g/mol. The van der Waals surface area contributed by atoms with Crippen molar-refractivity contribution in [3.05, 3.63) is 33.6 Å². The molecule has 1 aromatic carbocycles. The first-order valence-corrected chi connectivity index (χ1v) is 5.69. The normalized spacial score (nSPS) is 23.9. The van der Waals surface area contributed by atoms with Gasteiger partial charge in [0, 0.05) is 12.0 Å². The number of carbonyl (C=O) groups is 2. The molecule has 0 aromatic heterocycles. The second kappa shape index (κ2) is 3.89. The summed E-state index contributed by atoms with van der Waals surface area (Å²) in [6.45, 7) is -0.00677. The zero-order valence-electron chi connectivity index (χ0n) is 9.94. The lowest BCUT2D eigenvalue weighted by Crippen LogP contribution is -2.47. The smallest absolute Gasteiger partial charge is 0.322 e. The molecule has 2 heterocycles. The van der Waals surface area contributed by atoms with Gasteiger partial charge in [-0.1, -0.05) is 0 Å². The summed E-state index contributed by atoms with van der Waals surface area (Å²) in [6.07, 6.45) is 0.0676. The van der Waals surface area contributed by atoms with E-state index in [2.05, 4.69) is 5.32 Å². The third kappa shape index (κ3) is 1.52. The lowest BCUT2D eigenvalue weighted by atomic mass is 9.84. The predicted octanol–water partition coefficient (Wildman–Crippen LogP) is 0.551. The second-order valence-electron chi connectivity index (χ2n) is 4.47. The average molecular weight is 281 g/mol. The van der Waals surface area contributed by atoms with Gasteiger partial charge in [-0.3, -0.25) is 20.2 Å². The number of nitro groups is 1. The minimum Gasteiger partial charge on any atom is -0.486 e. The molecule has 1 spiro atoms. The molecular weight excluding hydrogens is 273 g/mol. The predicted molar refractivity (Wildman–Crippen MR) is 61.5 cm³/mol. The number of amides is 3. The molecule has 20 heavy (non-hydrogen) atoms. The number of halogens is 1.